The number of carboxylic acid groups (broad SMARTS) is 1. The summed E-state index contributed by atoms with van der Waals surface area (Å²) in [6, 6.07) is 11.0. The fourth-order valence-corrected chi connectivity index (χ4v) is 6.79. The molecule has 0 radical (unpaired) electrons. The van der Waals surface area contributed by atoms with E-state index in [0.29, 0.717) is 30.5 Å². The van der Waals surface area contributed by atoms with Crippen LogP contribution in [-0.2, 0) is 4.79 Å². The molecule has 7 nitrogen and oxygen atoms in total. The molecule has 2 saturated carbocycles. The first-order chi connectivity index (χ1) is 19.1. The molecular weight excluding hydrogens is 514 g/mol. The fourth-order valence-electron chi connectivity index (χ4n) is 6.79. The lowest BCUT2D eigenvalue weighted by molar-refractivity contribution is -0.155. The van der Waals surface area contributed by atoms with Crippen molar-refractivity contribution in [3.63, 3.8) is 0 Å². The number of alkyl halides is 2. The topological polar surface area (TPSA) is 87.5 Å². The summed E-state index contributed by atoms with van der Waals surface area (Å²) in [5.74, 6) is 2.20. The number of aliphatic carboxylic acids is 1. The van der Waals surface area contributed by atoms with Gasteiger partial charge in [0.15, 0.2) is 0 Å². The third-order valence-electron chi connectivity index (χ3n) is 8.94. The lowest BCUT2D eigenvalue weighted by atomic mass is 9.50. The molecule has 2 aliphatic carbocycles. The number of benzene rings is 2. The van der Waals surface area contributed by atoms with Gasteiger partial charge in [0.25, 0.3) is 11.8 Å². The molecule has 2 aromatic carbocycles. The number of carboxylic acids is 1. The Morgan fingerprint density at radius 2 is 1.85 bits per heavy atom. The van der Waals surface area contributed by atoms with E-state index in [-0.39, 0.29) is 42.3 Å². The Hall–Kier alpha value is -3.93. The van der Waals surface area contributed by atoms with E-state index in [1.54, 1.807) is 24.1 Å². The highest BCUT2D eigenvalue weighted by molar-refractivity contribution is 6.07. The van der Waals surface area contributed by atoms with Crippen LogP contribution in [0.5, 0.6) is 0 Å². The van der Waals surface area contributed by atoms with Crippen molar-refractivity contribution in [2.75, 3.05) is 18.0 Å². The highest BCUT2D eigenvalue weighted by Gasteiger charge is 2.55. The zero-order valence-electron chi connectivity index (χ0n) is 22.6. The Morgan fingerprint density at radius 3 is 2.48 bits per heavy atom. The molecule has 0 bridgehead atoms. The van der Waals surface area contributed by atoms with Gasteiger partial charge in [-0.2, -0.15) is 5.10 Å². The number of hydrogen-bond acceptors (Lipinski definition) is 4. The van der Waals surface area contributed by atoms with Crippen LogP contribution in [0.1, 0.15) is 73.5 Å². The molecule has 1 amide bonds. The number of aromatic nitrogens is 2. The quantitative estimate of drug-likeness (QED) is 0.413. The van der Waals surface area contributed by atoms with Crippen LogP contribution in [0, 0.1) is 23.2 Å². The molecule has 3 aromatic rings. The van der Waals surface area contributed by atoms with E-state index >= 15 is 0 Å². The maximum absolute atomic E-state index is 13.7. The van der Waals surface area contributed by atoms with Crippen molar-refractivity contribution in [1.29, 1.82) is 0 Å². The van der Waals surface area contributed by atoms with Crippen LogP contribution in [0.2, 0.25) is 0 Å². The average molecular weight is 547 g/mol. The number of nitrogens with one attached hydrogen (secondary N) is 1. The Labute approximate surface area is 231 Å². The number of rotatable bonds is 6. The Balaban J connectivity index is 1.24. The molecule has 3 aliphatic rings. The molecule has 1 spiro atoms. The molecule has 2 heterocycles. The number of hydrogen-bond donors (Lipinski definition) is 2. The number of fused-ring (bicyclic) bond motifs is 1. The van der Waals surface area contributed by atoms with Crippen LogP contribution >= 0.6 is 0 Å². The lowest BCUT2D eigenvalue weighted by Gasteiger charge is -2.56. The van der Waals surface area contributed by atoms with Crippen molar-refractivity contribution in [2.24, 2.45) is 11.3 Å². The van der Waals surface area contributed by atoms with Crippen LogP contribution in [0.3, 0.4) is 0 Å². The number of nitrogens with zero attached hydrogens (tertiary/aromatic N) is 3. The van der Waals surface area contributed by atoms with E-state index < -0.39 is 11.9 Å². The van der Waals surface area contributed by atoms with Crippen molar-refractivity contribution in [2.45, 2.75) is 64.0 Å². The molecule has 2 N–H and O–H groups in total. The summed E-state index contributed by atoms with van der Waals surface area (Å²) in [6.45, 7) is 3.82. The van der Waals surface area contributed by atoms with Gasteiger partial charge in [0.05, 0.1) is 35.8 Å². The normalized spacial score (nSPS) is 25.6. The minimum atomic E-state index is -2.66. The Kier molecular flexibility index (Phi) is 6.32. The zero-order chi connectivity index (χ0) is 28.2. The van der Waals surface area contributed by atoms with Gasteiger partial charge >= 0.3 is 5.97 Å². The number of carbonyl (C=O) groups is 2. The third-order valence-corrected chi connectivity index (χ3v) is 8.94. The van der Waals surface area contributed by atoms with Gasteiger partial charge in [0.2, 0.25) is 0 Å². The van der Waals surface area contributed by atoms with Crippen LogP contribution in [0.15, 0.2) is 42.6 Å². The van der Waals surface area contributed by atoms with Crippen LogP contribution < -0.4 is 10.2 Å². The molecule has 1 atom stereocenters. The summed E-state index contributed by atoms with van der Waals surface area (Å²) in [5, 5.41) is 17.8. The molecule has 1 saturated heterocycles. The minimum absolute atomic E-state index is 0.0201. The maximum Gasteiger partial charge on any atom is 0.306 e. The van der Waals surface area contributed by atoms with Crippen molar-refractivity contribution in [3.05, 3.63) is 59.3 Å². The molecule has 40 heavy (non-hydrogen) atoms. The molecule has 0 unspecified atom stereocenters. The van der Waals surface area contributed by atoms with E-state index in [1.165, 1.54) is 0 Å². The second-order valence-corrected chi connectivity index (χ2v) is 11.7. The average Bonchev–Trinajstić information content (AvgIpc) is 3.48. The summed E-state index contributed by atoms with van der Waals surface area (Å²) < 4.78 is 29.2. The van der Waals surface area contributed by atoms with Gasteiger partial charge < -0.3 is 15.3 Å². The maximum atomic E-state index is 13.7. The van der Waals surface area contributed by atoms with Crippen molar-refractivity contribution < 1.29 is 23.5 Å². The summed E-state index contributed by atoms with van der Waals surface area (Å²) in [4.78, 5) is 26.4. The first-order valence-electron chi connectivity index (χ1n) is 13.8. The van der Waals surface area contributed by atoms with E-state index in [9.17, 15) is 23.5 Å². The summed E-state index contributed by atoms with van der Waals surface area (Å²) in [6.07, 6.45) is 4.58. The second kappa shape index (κ2) is 9.61. The van der Waals surface area contributed by atoms with E-state index in [4.69, 9.17) is 0 Å². The van der Waals surface area contributed by atoms with Crippen LogP contribution in [-0.4, -0.2) is 51.8 Å². The summed E-state index contributed by atoms with van der Waals surface area (Å²) in [7, 11) is 0. The van der Waals surface area contributed by atoms with Crippen LogP contribution in [0.4, 0.5) is 14.5 Å². The van der Waals surface area contributed by atoms with Gasteiger partial charge in [-0.05, 0) is 74.8 Å². The van der Waals surface area contributed by atoms with Gasteiger partial charge in [0.1, 0.15) is 0 Å². The molecule has 9 heteroatoms. The standard InChI is InChI=1S/C31H32F2N4O3/c1-3-4-21-7-10-25(28(38)35-23-15-30(16-23)13-22(14-30)29(39)40)27-26(21)17-34-37(27)19(2)20-5-8-24(9-6-20)36-12-11-31(32,33)18-36/h5-10,17,19,22-23H,11-16,18H2,1-2H3,(H,35,38)(H,39,40)/t19-,22?,23?,30?/m1/s1. The monoisotopic (exact) mass is 546 g/mol. The van der Waals surface area contributed by atoms with Crippen molar-refractivity contribution in [1.82, 2.24) is 15.1 Å². The first kappa shape index (κ1) is 26.3. The van der Waals surface area contributed by atoms with E-state index in [0.717, 1.165) is 35.0 Å². The van der Waals surface area contributed by atoms with Gasteiger partial charge in [-0.25, -0.2) is 8.78 Å². The highest BCUT2D eigenvalue weighted by atomic mass is 19.3. The first-order valence-corrected chi connectivity index (χ1v) is 13.8. The van der Waals surface area contributed by atoms with Crippen molar-refractivity contribution >= 4 is 28.5 Å². The SMILES string of the molecule is CC#Cc1ccc(C(=O)NC2CC3(C2)CC(C(=O)O)C3)c2c1cnn2[C@H](C)c1ccc(N2CCC(F)(F)C2)cc1. The molecular formula is C31H32F2N4O3. The number of amides is 1. The molecule has 3 fully saturated rings. The predicted octanol–water partition coefficient (Wildman–Crippen LogP) is 5.24. The van der Waals surface area contributed by atoms with Gasteiger partial charge in [-0.3, -0.25) is 14.3 Å². The molecule has 1 aromatic heterocycles. The van der Waals surface area contributed by atoms with E-state index in [2.05, 4.69) is 22.3 Å². The Morgan fingerprint density at radius 1 is 1.12 bits per heavy atom. The molecule has 1 aliphatic heterocycles. The lowest BCUT2D eigenvalue weighted by Crippen LogP contribution is -2.57. The Bertz CT molecular complexity index is 1540. The van der Waals surface area contributed by atoms with E-state index in [1.807, 2.05) is 41.9 Å². The summed E-state index contributed by atoms with van der Waals surface area (Å²) >= 11 is 0. The summed E-state index contributed by atoms with van der Waals surface area (Å²) in [5.41, 5.74) is 3.75. The largest absolute Gasteiger partial charge is 0.481 e. The predicted molar refractivity (Wildman–Crippen MR) is 148 cm³/mol. The minimum Gasteiger partial charge on any atom is -0.481 e. The van der Waals surface area contributed by atoms with Gasteiger partial charge in [-0.1, -0.05) is 18.1 Å². The van der Waals surface area contributed by atoms with Crippen LogP contribution in [0.25, 0.3) is 10.9 Å². The highest BCUT2D eigenvalue weighted by Crippen LogP contribution is 2.58. The molecule has 6 rings (SSSR count). The zero-order valence-corrected chi connectivity index (χ0v) is 22.6. The number of carbonyl (C=O) groups excluding carboxylic acids is 1. The van der Waals surface area contributed by atoms with Gasteiger partial charge in [-0.15, -0.1) is 5.92 Å². The smallest absolute Gasteiger partial charge is 0.306 e. The molecule has 208 valence electrons. The fraction of sp³-hybridized carbons (Fsp3) is 0.452. The van der Waals surface area contributed by atoms with Crippen molar-refractivity contribution in [3.8, 4) is 11.8 Å². The number of anilines is 1. The second-order valence-electron chi connectivity index (χ2n) is 11.7. The number of halogens is 2. The third kappa shape index (κ3) is 4.59. The van der Waals surface area contributed by atoms with Gasteiger partial charge in [0, 0.05) is 35.6 Å².